The fraction of sp³-hybridized carbons (Fsp3) is 0.944. The van der Waals surface area contributed by atoms with E-state index in [2.05, 4.69) is 53.8 Å². The topological polar surface area (TPSA) is 110 Å². The third kappa shape index (κ3) is 5.19. The molecule has 44 heavy (non-hydrogen) atoms. The Labute approximate surface area is 267 Å². The van der Waals surface area contributed by atoms with Gasteiger partial charge in [0.25, 0.3) is 10.1 Å². The number of fused-ring (bicyclic) bond motifs is 7. The van der Waals surface area contributed by atoms with Gasteiger partial charge in [-0.3, -0.25) is 14.1 Å². The number of nitrogens with one attached hydrogen (secondary N) is 1. The van der Waals surface area contributed by atoms with Crippen molar-refractivity contribution in [1.29, 1.82) is 0 Å². The third-order valence-corrected chi connectivity index (χ3v) is 15.8. The first-order valence-corrected chi connectivity index (χ1v) is 19.4. The lowest BCUT2D eigenvalue weighted by Crippen LogP contribution is -2.67. The van der Waals surface area contributed by atoms with Crippen molar-refractivity contribution in [1.82, 2.24) is 5.32 Å². The molecule has 0 radical (unpaired) electrons. The van der Waals surface area contributed by atoms with Crippen LogP contribution in [-0.2, 0) is 24.4 Å². The molecule has 2 N–H and O–H groups in total. The van der Waals surface area contributed by atoms with E-state index in [1.807, 2.05) is 6.92 Å². The minimum Gasteiger partial charge on any atom is -0.462 e. The number of esters is 1. The highest BCUT2D eigenvalue weighted by atomic mass is 32.2. The molecular formula is C36H61NO6S. The van der Waals surface area contributed by atoms with Gasteiger partial charge in [0.15, 0.2) is 0 Å². The highest BCUT2D eigenvalue weighted by molar-refractivity contribution is 7.85. The van der Waals surface area contributed by atoms with Gasteiger partial charge >= 0.3 is 5.97 Å². The molecular weight excluding hydrogens is 574 g/mol. The normalized spacial score (nSPS) is 44.6. The Bertz CT molecular complexity index is 1230. The van der Waals surface area contributed by atoms with E-state index in [1.54, 1.807) is 0 Å². The quantitative estimate of drug-likeness (QED) is 0.212. The molecule has 5 fully saturated rings. The first-order valence-electron chi connectivity index (χ1n) is 17.8. The predicted octanol–water partition coefficient (Wildman–Crippen LogP) is 7.44. The van der Waals surface area contributed by atoms with Crippen molar-refractivity contribution in [2.75, 3.05) is 12.3 Å². The molecule has 1 amide bonds. The molecule has 252 valence electrons. The largest absolute Gasteiger partial charge is 0.462 e. The molecule has 0 saturated heterocycles. The average Bonchev–Trinajstić information content (AvgIpc) is 3.31. The highest BCUT2D eigenvalue weighted by Crippen LogP contribution is 2.77. The van der Waals surface area contributed by atoms with E-state index >= 15 is 0 Å². The highest BCUT2D eigenvalue weighted by Gasteiger charge is 2.72. The van der Waals surface area contributed by atoms with Crippen molar-refractivity contribution in [2.45, 2.75) is 139 Å². The zero-order valence-corrected chi connectivity index (χ0v) is 29.7. The summed E-state index contributed by atoms with van der Waals surface area (Å²) in [6.07, 6.45) is 11.8. The van der Waals surface area contributed by atoms with Gasteiger partial charge < -0.3 is 10.1 Å². The lowest BCUT2D eigenvalue weighted by atomic mass is 9.32. The maximum absolute atomic E-state index is 14.0. The number of carbonyl (C=O) groups is 2. The van der Waals surface area contributed by atoms with Crippen LogP contribution in [-0.4, -0.2) is 43.2 Å². The van der Waals surface area contributed by atoms with Crippen LogP contribution in [0.2, 0.25) is 0 Å². The average molecular weight is 636 g/mol. The minimum atomic E-state index is -4.13. The Kier molecular flexibility index (Phi) is 8.95. The van der Waals surface area contributed by atoms with Crippen LogP contribution in [0.15, 0.2) is 0 Å². The first kappa shape index (κ1) is 34.2. The smallest absolute Gasteiger partial charge is 0.306 e. The number of rotatable bonds is 8. The van der Waals surface area contributed by atoms with Gasteiger partial charge in [0.2, 0.25) is 5.91 Å². The Morgan fingerprint density at radius 3 is 2.23 bits per heavy atom. The van der Waals surface area contributed by atoms with Crippen molar-refractivity contribution in [3.05, 3.63) is 0 Å². The zero-order valence-electron chi connectivity index (χ0n) is 28.8. The Balaban J connectivity index is 1.44. The summed E-state index contributed by atoms with van der Waals surface area (Å²) in [7, 11) is -4.13. The molecule has 0 aromatic carbocycles. The van der Waals surface area contributed by atoms with Gasteiger partial charge in [-0.1, -0.05) is 55.4 Å². The molecule has 5 saturated carbocycles. The Morgan fingerprint density at radius 1 is 0.886 bits per heavy atom. The monoisotopic (exact) mass is 635 g/mol. The fourth-order valence-electron chi connectivity index (χ4n) is 12.9. The van der Waals surface area contributed by atoms with E-state index < -0.39 is 21.3 Å². The van der Waals surface area contributed by atoms with Gasteiger partial charge in [-0.2, -0.15) is 8.42 Å². The van der Waals surface area contributed by atoms with Crippen molar-refractivity contribution in [3.63, 3.8) is 0 Å². The predicted molar refractivity (Wildman–Crippen MR) is 173 cm³/mol. The van der Waals surface area contributed by atoms with E-state index in [0.29, 0.717) is 41.9 Å². The molecule has 4 unspecified atom stereocenters. The lowest BCUT2D eigenvalue weighted by Gasteiger charge is -2.73. The van der Waals surface area contributed by atoms with Crippen LogP contribution in [0.3, 0.4) is 0 Å². The van der Waals surface area contributed by atoms with Gasteiger partial charge in [-0.25, -0.2) is 0 Å². The number of carbonyl (C=O) groups excluding carboxylic acids is 2. The van der Waals surface area contributed by atoms with E-state index in [1.165, 1.54) is 12.8 Å². The molecule has 10 atom stereocenters. The van der Waals surface area contributed by atoms with E-state index in [0.717, 1.165) is 57.8 Å². The molecule has 0 aromatic rings. The zero-order chi connectivity index (χ0) is 32.5. The molecule has 7 nitrogen and oxygen atoms in total. The lowest BCUT2D eigenvalue weighted by molar-refractivity contribution is -0.250. The second-order valence-electron chi connectivity index (χ2n) is 17.4. The van der Waals surface area contributed by atoms with Crippen LogP contribution in [0.25, 0.3) is 0 Å². The van der Waals surface area contributed by atoms with E-state index in [9.17, 15) is 22.6 Å². The molecule has 0 aromatic heterocycles. The summed E-state index contributed by atoms with van der Waals surface area (Å²) in [4.78, 5) is 26.6. The molecule has 0 spiro atoms. The number of ether oxygens (including phenoxy) is 1. The number of hydrogen-bond acceptors (Lipinski definition) is 5. The summed E-state index contributed by atoms with van der Waals surface area (Å²) in [6.45, 7) is 19.1. The van der Waals surface area contributed by atoms with Gasteiger partial charge in [-0.05, 0) is 122 Å². The van der Waals surface area contributed by atoms with Crippen LogP contribution < -0.4 is 5.32 Å². The fourth-order valence-corrected chi connectivity index (χ4v) is 13.2. The molecule has 5 rings (SSSR count). The standard InChI is InChI=1S/C36H61NO6S/c1-9-10-29(38)43-28-15-16-33(6)26(32(28,4)5)14-17-35(8)27(33)12-11-25-30-24(23(2)3)13-18-36(30,20-19-34(25,35)7)31(39)37-21-22-44(40,41)42/h23-28,30H,9-22H2,1-8H3,(H,37,39)(H,40,41,42)/t24-,25?,26?,27?,28+,30?,33-,34+,35+,36-/m0/s1. The van der Waals surface area contributed by atoms with Gasteiger partial charge in [0.05, 0.1) is 11.2 Å². The molecule has 8 heteroatoms. The van der Waals surface area contributed by atoms with Crippen molar-refractivity contribution >= 4 is 22.0 Å². The molecule has 5 aliphatic carbocycles. The summed E-state index contributed by atoms with van der Waals surface area (Å²) in [5.74, 6) is 2.34. The molecule has 5 aliphatic rings. The summed E-state index contributed by atoms with van der Waals surface area (Å²) in [5, 5.41) is 2.97. The van der Waals surface area contributed by atoms with Crippen molar-refractivity contribution in [2.24, 2.45) is 62.6 Å². The molecule has 0 aliphatic heterocycles. The Morgan fingerprint density at radius 2 is 1.59 bits per heavy atom. The van der Waals surface area contributed by atoms with E-state index in [-0.39, 0.29) is 46.2 Å². The van der Waals surface area contributed by atoms with Crippen LogP contribution in [0.5, 0.6) is 0 Å². The molecule has 0 bridgehead atoms. The number of hydrogen-bond donors (Lipinski definition) is 2. The summed E-state index contributed by atoms with van der Waals surface area (Å²) in [5.41, 5.74) is -0.0386. The number of amides is 1. The third-order valence-electron chi connectivity index (χ3n) is 15.1. The van der Waals surface area contributed by atoms with Gasteiger partial charge in [0.1, 0.15) is 6.10 Å². The van der Waals surface area contributed by atoms with Crippen molar-refractivity contribution < 1.29 is 27.3 Å². The first-order chi connectivity index (χ1) is 20.4. The summed E-state index contributed by atoms with van der Waals surface area (Å²) in [6, 6.07) is 0. The van der Waals surface area contributed by atoms with Crippen molar-refractivity contribution in [3.8, 4) is 0 Å². The maximum atomic E-state index is 14.0. The van der Waals surface area contributed by atoms with E-state index in [4.69, 9.17) is 4.74 Å². The van der Waals surface area contributed by atoms with Gasteiger partial charge in [0, 0.05) is 18.4 Å². The second kappa shape index (κ2) is 11.5. The SMILES string of the molecule is CCCC(=O)O[C@@H]1CC[C@@]2(C)C(CC[C@]3(C)C2CCC2C4[C@H](C(C)C)CC[C@]4(C(=O)NCCS(=O)(=O)O)CC[C@]23C)C1(C)C. The Hall–Kier alpha value is -1.15. The van der Waals surface area contributed by atoms with Crippen LogP contribution in [0, 0.1) is 62.6 Å². The summed E-state index contributed by atoms with van der Waals surface area (Å²) >= 11 is 0. The van der Waals surface area contributed by atoms with Crippen LogP contribution in [0.1, 0.15) is 132 Å². The van der Waals surface area contributed by atoms with Crippen LogP contribution in [0.4, 0.5) is 0 Å². The second-order valence-corrected chi connectivity index (χ2v) is 19.0. The van der Waals surface area contributed by atoms with Gasteiger partial charge in [-0.15, -0.1) is 0 Å². The maximum Gasteiger partial charge on any atom is 0.306 e. The van der Waals surface area contributed by atoms with Crippen LogP contribution >= 0.6 is 0 Å². The summed E-state index contributed by atoms with van der Waals surface area (Å²) < 4.78 is 38.2. The molecule has 0 heterocycles. The minimum absolute atomic E-state index is 0.0111.